The molecule has 0 aliphatic heterocycles. The zero-order chi connectivity index (χ0) is 6.83. The van der Waals surface area contributed by atoms with Gasteiger partial charge < -0.3 is 10.2 Å². The molecule has 3 heteroatoms. The smallest absolute Gasteiger partial charge is 0.0844 e. The van der Waals surface area contributed by atoms with Crippen LogP contribution in [-0.4, -0.2) is 12.1 Å². The molecule has 9 heavy (non-hydrogen) atoms. The van der Waals surface area contributed by atoms with Crippen LogP contribution in [0.4, 0.5) is 0 Å². The van der Waals surface area contributed by atoms with E-state index in [9.17, 15) is 0 Å². The van der Waals surface area contributed by atoms with Gasteiger partial charge >= 0.3 is 0 Å². The zero-order valence-corrected chi connectivity index (χ0v) is 6.32. The predicted molar refractivity (Wildman–Crippen MR) is 41.5 cm³/mol. The van der Waals surface area contributed by atoms with Gasteiger partial charge in [-0.05, 0) is 12.5 Å². The van der Waals surface area contributed by atoms with Crippen molar-refractivity contribution in [1.29, 1.82) is 0 Å². The Morgan fingerprint density at radius 3 is 1.89 bits per heavy atom. The summed E-state index contributed by atoms with van der Waals surface area (Å²) in [5, 5.41) is 0. The summed E-state index contributed by atoms with van der Waals surface area (Å²) in [5.41, 5.74) is 1.22. The van der Waals surface area contributed by atoms with E-state index in [1.807, 2.05) is 6.92 Å². The van der Waals surface area contributed by atoms with Gasteiger partial charge in [0.1, 0.15) is 0 Å². The van der Waals surface area contributed by atoms with Crippen LogP contribution in [0.15, 0.2) is 25.0 Å². The van der Waals surface area contributed by atoms with Gasteiger partial charge in [-0.2, -0.15) is 0 Å². The lowest BCUT2D eigenvalue weighted by Gasteiger charge is -1.84. The molecule has 0 fully saturated rings. The van der Waals surface area contributed by atoms with Gasteiger partial charge in [0, 0.05) is 0 Å². The fraction of sp³-hybridized carbons (Fsp3) is 0.333. The molecular weight excluding hydrogens is 140 g/mol. The first-order valence-corrected chi connectivity index (χ1v) is 2.70. The summed E-state index contributed by atoms with van der Waals surface area (Å²) in [6.45, 7) is 9.10. The normalized spacial score (nSPS) is 5.11. The summed E-state index contributed by atoms with van der Waals surface area (Å²) in [4.78, 5) is 0. The van der Waals surface area contributed by atoms with E-state index in [-0.39, 0.29) is 5.48 Å². The summed E-state index contributed by atoms with van der Waals surface area (Å²) in [5.74, 6) is 0. The van der Waals surface area contributed by atoms with Gasteiger partial charge in [-0.1, -0.05) is 24.8 Å². The van der Waals surface area contributed by atoms with E-state index in [0.717, 1.165) is 6.61 Å². The van der Waals surface area contributed by atoms with Crippen LogP contribution in [0.2, 0.25) is 0 Å². The van der Waals surface area contributed by atoms with Crippen molar-refractivity contribution < 1.29 is 10.2 Å². The van der Waals surface area contributed by atoms with E-state index in [0.29, 0.717) is 0 Å². The number of halogens is 1. The van der Waals surface area contributed by atoms with Crippen LogP contribution in [0, 0.1) is 0 Å². The molecular formula is C6H13ClO2. The highest BCUT2D eigenvalue weighted by Crippen LogP contribution is 1.65. The first-order chi connectivity index (χ1) is 3.83. The minimum atomic E-state index is 0. The third kappa shape index (κ3) is 98.4. The highest BCUT2D eigenvalue weighted by atomic mass is 35.5. The average Bonchev–Trinajstić information content (AvgIpc) is 1.71. The SMILES string of the molecule is C=CCl.C=COCC.O. The van der Waals surface area contributed by atoms with Gasteiger partial charge in [0.2, 0.25) is 0 Å². The second-order valence-corrected chi connectivity index (χ2v) is 1.08. The second kappa shape index (κ2) is 25.8. The largest absolute Gasteiger partial charge is 0.502 e. The fourth-order valence-corrected chi connectivity index (χ4v) is 0.118. The lowest BCUT2D eigenvalue weighted by Crippen LogP contribution is -1.72. The first-order valence-electron chi connectivity index (χ1n) is 2.27. The molecule has 56 valence electrons. The van der Waals surface area contributed by atoms with E-state index < -0.39 is 0 Å². The Kier molecular flexibility index (Phi) is 45.3. The Hall–Kier alpha value is -0.470. The van der Waals surface area contributed by atoms with Gasteiger partial charge in [-0.25, -0.2) is 0 Å². The van der Waals surface area contributed by atoms with Crippen LogP contribution in [-0.2, 0) is 4.74 Å². The Bertz CT molecular complexity index is 55.0. The third-order valence-corrected chi connectivity index (χ3v) is 0.285. The molecule has 0 saturated heterocycles. The Morgan fingerprint density at radius 2 is 1.89 bits per heavy atom. The molecule has 0 heterocycles. The van der Waals surface area contributed by atoms with Gasteiger partial charge in [-0.3, -0.25) is 0 Å². The quantitative estimate of drug-likeness (QED) is 0.556. The highest BCUT2D eigenvalue weighted by molar-refractivity contribution is 6.25. The average molecular weight is 153 g/mol. The van der Waals surface area contributed by atoms with Crippen molar-refractivity contribution in [2.75, 3.05) is 6.61 Å². The maximum atomic E-state index is 4.76. The van der Waals surface area contributed by atoms with Crippen LogP contribution in [0.25, 0.3) is 0 Å². The molecule has 0 aromatic heterocycles. The summed E-state index contributed by atoms with van der Waals surface area (Å²) >= 11 is 4.76. The van der Waals surface area contributed by atoms with Crippen LogP contribution in [0.1, 0.15) is 6.92 Å². The standard InChI is InChI=1S/C4H8O.C2H3Cl.H2O/c1-3-5-4-2;1-2-3;/h3H,1,4H2,2H3;2H,1H2;1H2. The molecule has 0 radical (unpaired) electrons. The summed E-state index contributed by atoms with van der Waals surface area (Å²) in [7, 11) is 0. The number of hydrogen-bond acceptors (Lipinski definition) is 1. The van der Waals surface area contributed by atoms with Gasteiger partial charge in [0.15, 0.2) is 0 Å². The minimum Gasteiger partial charge on any atom is -0.502 e. The molecule has 0 aliphatic carbocycles. The summed E-state index contributed by atoms with van der Waals surface area (Å²) < 4.78 is 4.60. The lowest BCUT2D eigenvalue weighted by atomic mass is 10.9. The molecule has 2 N–H and O–H groups in total. The minimum absolute atomic E-state index is 0. The van der Waals surface area contributed by atoms with E-state index in [1.54, 1.807) is 0 Å². The van der Waals surface area contributed by atoms with Crippen LogP contribution < -0.4 is 0 Å². The van der Waals surface area contributed by atoms with Crippen LogP contribution in [0.3, 0.4) is 0 Å². The molecule has 0 amide bonds. The van der Waals surface area contributed by atoms with Gasteiger partial charge in [0.05, 0.1) is 12.9 Å². The Morgan fingerprint density at radius 1 is 1.56 bits per heavy atom. The van der Waals surface area contributed by atoms with E-state index in [4.69, 9.17) is 11.6 Å². The number of hydrogen-bond donors (Lipinski definition) is 0. The Labute approximate surface area is 61.1 Å². The predicted octanol–water partition coefficient (Wildman–Crippen LogP) is 1.71. The Balaban J connectivity index is -0.0000000800. The molecule has 0 bridgehead atoms. The molecule has 0 unspecified atom stereocenters. The van der Waals surface area contributed by atoms with Crippen molar-refractivity contribution in [2.45, 2.75) is 6.92 Å². The summed E-state index contributed by atoms with van der Waals surface area (Å²) in [6.07, 6.45) is 1.43. The zero-order valence-electron chi connectivity index (χ0n) is 5.56. The monoisotopic (exact) mass is 152 g/mol. The van der Waals surface area contributed by atoms with E-state index in [2.05, 4.69) is 17.9 Å². The topological polar surface area (TPSA) is 40.7 Å². The number of rotatable bonds is 2. The lowest BCUT2D eigenvalue weighted by molar-refractivity contribution is 0.270. The van der Waals surface area contributed by atoms with Gasteiger partial charge in [-0.15, -0.1) is 0 Å². The van der Waals surface area contributed by atoms with E-state index in [1.165, 1.54) is 11.8 Å². The van der Waals surface area contributed by atoms with Crippen LogP contribution >= 0.6 is 11.6 Å². The van der Waals surface area contributed by atoms with Gasteiger partial charge in [0.25, 0.3) is 0 Å². The van der Waals surface area contributed by atoms with Crippen molar-refractivity contribution in [3.63, 3.8) is 0 Å². The molecule has 0 aromatic carbocycles. The van der Waals surface area contributed by atoms with Crippen LogP contribution in [0.5, 0.6) is 0 Å². The highest BCUT2D eigenvalue weighted by Gasteiger charge is 1.55. The van der Waals surface area contributed by atoms with Crippen molar-refractivity contribution >= 4 is 11.6 Å². The van der Waals surface area contributed by atoms with Crippen molar-refractivity contribution in [2.24, 2.45) is 0 Å². The first kappa shape index (κ1) is 15.8. The molecule has 0 aliphatic rings. The maximum absolute atomic E-state index is 4.76. The van der Waals surface area contributed by atoms with Crippen molar-refractivity contribution in [3.05, 3.63) is 25.0 Å². The maximum Gasteiger partial charge on any atom is 0.0844 e. The molecule has 0 rings (SSSR count). The van der Waals surface area contributed by atoms with E-state index >= 15 is 0 Å². The molecule has 0 aromatic rings. The molecule has 2 nitrogen and oxygen atoms in total. The van der Waals surface area contributed by atoms with Crippen molar-refractivity contribution in [1.82, 2.24) is 0 Å². The summed E-state index contributed by atoms with van der Waals surface area (Å²) in [6, 6.07) is 0. The van der Waals surface area contributed by atoms with Crippen molar-refractivity contribution in [3.8, 4) is 0 Å². The third-order valence-electron chi connectivity index (χ3n) is 0.285. The number of ether oxygens (including phenoxy) is 1. The molecule has 0 spiro atoms. The second-order valence-electron chi connectivity index (χ2n) is 0.776. The molecule has 0 atom stereocenters. The molecule has 0 saturated carbocycles. The fourth-order valence-electron chi connectivity index (χ4n) is 0.118.